The lowest BCUT2D eigenvalue weighted by atomic mass is 10.1. The van der Waals surface area contributed by atoms with Gasteiger partial charge in [-0.05, 0) is 24.6 Å². The van der Waals surface area contributed by atoms with E-state index in [0.717, 1.165) is 0 Å². The maximum Gasteiger partial charge on any atom is 0.255 e. The van der Waals surface area contributed by atoms with Crippen LogP contribution >= 0.6 is 11.6 Å². The summed E-state index contributed by atoms with van der Waals surface area (Å²) in [6, 6.07) is 7.06. The molecule has 1 unspecified atom stereocenters. The molecule has 2 N–H and O–H groups in total. The van der Waals surface area contributed by atoms with Crippen LogP contribution in [0.5, 0.6) is 0 Å². The predicted molar refractivity (Wildman–Crippen MR) is 66.6 cm³/mol. The van der Waals surface area contributed by atoms with Gasteiger partial charge in [0.1, 0.15) is 0 Å². The van der Waals surface area contributed by atoms with E-state index in [0.29, 0.717) is 23.7 Å². The Morgan fingerprint density at radius 2 is 2.12 bits per heavy atom. The lowest BCUT2D eigenvalue weighted by Gasteiger charge is -2.21. The van der Waals surface area contributed by atoms with Crippen LogP contribution in [0.15, 0.2) is 24.3 Å². The van der Waals surface area contributed by atoms with Crippen molar-refractivity contribution >= 4 is 17.5 Å². The van der Waals surface area contributed by atoms with Gasteiger partial charge in [0.2, 0.25) is 0 Å². The molecule has 0 radical (unpaired) electrons. The van der Waals surface area contributed by atoms with Crippen molar-refractivity contribution in [3.05, 3.63) is 34.9 Å². The third-order valence-electron chi connectivity index (χ3n) is 2.44. The van der Waals surface area contributed by atoms with E-state index in [9.17, 15) is 4.79 Å². The van der Waals surface area contributed by atoms with Crippen molar-refractivity contribution < 1.29 is 4.79 Å². The number of nitrogens with zero attached hydrogens (tertiary/aromatic N) is 1. The molecule has 0 bridgehead atoms. The Morgan fingerprint density at radius 1 is 1.50 bits per heavy atom. The Labute approximate surface area is 101 Å². The first-order chi connectivity index (χ1) is 7.56. The molecule has 1 aromatic rings. The second-order valence-electron chi connectivity index (χ2n) is 4.01. The Balaban J connectivity index is 2.75. The molecule has 4 heteroatoms. The van der Waals surface area contributed by atoms with Crippen molar-refractivity contribution in [1.29, 1.82) is 0 Å². The lowest BCUT2D eigenvalue weighted by Crippen LogP contribution is -2.33. The van der Waals surface area contributed by atoms with Crippen molar-refractivity contribution in [1.82, 2.24) is 4.90 Å². The number of rotatable bonds is 4. The molecule has 0 heterocycles. The predicted octanol–water partition coefficient (Wildman–Crippen LogP) is 2.01. The third kappa shape index (κ3) is 3.22. The minimum Gasteiger partial charge on any atom is -0.341 e. The Morgan fingerprint density at radius 3 is 2.69 bits per heavy atom. The highest BCUT2D eigenvalue weighted by Gasteiger charge is 2.15. The summed E-state index contributed by atoms with van der Waals surface area (Å²) in [5.41, 5.74) is 6.06. The highest BCUT2D eigenvalue weighted by atomic mass is 35.5. The Bertz CT molecular complexity index is 368. The van der Waals surface area contributed by atoms with Gasteiger partial charge in [-0.15, -0.1) is 0 Å². The van der Waals surface area contributed by atoms with Crippen LogP contribution in [0.3, 0.4) is 0 Å². The smallest absolute Gasteiger partial charge is 0.255 e. The summed E-state index contributed by atoms with van der Waals surface area (Å²) in [4.78, 5) is 13.7. The summed E-state index contributed by atoms with van der Waals surface area (Å²) < 4.78 is 0. The van der Waals surface area contributed by atoms with Gasteiger partial charge in [0, 0.05) is 13.6 Å². The Kier molecular flexibility index (Phi) is 4.77. The molecular formula is C12H17ClN2O. The molecule has 88 valence electrons. The van der Waals surface area contributed by atoms with Gasteiger partial charge in [-0.2, -0.15) is 0 Å². The summed E-state index contributed by atoms with van der Waals surface area (Å²) in [6.07, 6.45) is 0. The van der Waals surface area contributed by atoms with Crippen LogP contribution in [-0.4, -0.2) is 30.9 Å². The quantitative estimate of drug-likeness (QED) is 0.875. The molecule has 0 aromatic heterocycles. The number of benzene rings is 1. The topological polar surface area (TPSA) is 46.3 Å². The number of carbonyl (C=O) groups excluding carboxylic acids is 1. The highest BCUT2D eigenvalue weighted by molar-refractivity contribution is 6.33. The SMILES string of the molecule is CC(CN)CN(C)C(=O)c1ccccc1Cl. The molecular weight excluding hydrogens is 224 g/mol. The van der Waals surface area contributed by atoms with Crippen LogP contribution in [0.25, 0.3) is 0 Å². The fourth-order valence-corrected chi connectivity index (χ4v) is 1.68. The maximum absolute atomic E-state index is 12.0. The van der Waals surface area contributed by atoms with Crippen molar-refractivity contribution in [2.24, 2.45) is 11.7 Å². The van der Waals surface area contributed by atoms with Crippen molar-refractivity contribution in [2.45, 2.75) is 6.92 Å². The van der Waals surface area contributed by atoms with Gasteiger partial charge in [0.05, 0.1) is 10.6 Å². The average molecular weight is 241 g/mol. The van der Waals surface area contributed by atoms with Crippen molar-refractivity contribution in [2.75, 3.05) is 20.1 Å². The number of amides is 1. The van der Waals surface area contributed by atoms with E-state index in [-0.39, 0.29) is 11.8 Å². The van der Waals surface area contributed by atoms with Gasteiger partial charge < -0.3 is 10.6 Å². The highest BCUT2D eigenvalue weighted by Crippen LogP contribution is 2.16. The molecule has 0 aliphatic rings. The minimum absolute atomic E-state index is 0.0640. The third-order valence-corrected chi connectivity index (χ3v) is 2.77. The molecule has 0 saturated heterocycles. The molecule has 1 atom stereocenters. The zero-order valence-corrected chi connectivity index (χ0v) is 10.4. The van der Waals surface area contributed by atoms with Crippen LogP contribution in [-0.2, 0) is 0 Å². The first-order valence-corrected chi connectivity index (χ1v) is 5.64. The van der Waals surface area contributed by atoms with E-state index in [1.807, 2.05) is 13.0 Å². The van der Waals surface area contributed by atoms with Crippen molar-refractivity contribution in [3.63, 3.8) is 0 Å². The lowest BCUT2D eigenvalue weighted by molar-refractivity contribution is 0.0777. The first-order valence-electron chi connectivity index (χ1n) is 5.26. The fraction of sp³-hybridized carbons (Fsp3) is 0.417. The molecule has 16 heavy (non-hydrogen) atoms. The van der Waals surface area contributed by atoms with Gasteiger partial charge in [0.25, 0.3) is 5.91 Å². The zero-order chi connectivity index (χ0) is 12.1. The fourth-order valence-electron chi connectivity index (χ4n) is 1.47. The minimum atomic E-state index is -0.0640. The molecule has 0 spiro atoms. The molecule has 0 aliphatic heterocycles. The van der Waals surface area contributed by atoms with E-state index < -0.39 is 0 Å². The molecule has 3 nitrogen and oxygen atoms in total. The van der Waals surface area contributed by atoms with Gasteiger partial charge in [-0.1, -0.05) is 30.7 Å². The second kappa shape index (κ2) is 5.87. The van der Waals surface area contributed by atoms with E-state index in [4.69, 9.17) is 17.3 Å². The van der Waals surface area contributed by atoms with Gasteiger partial charge >= 0.3 is 0 Å². The number of hydrogen-bond acceptors (Lipinski definition) is 2. The molecule has 1 aromatic carbocycles. The van der Waals surface area contributed by atoms with Crippen LogP contribution in [0.1, 0.15) is 17.3 Å². The Hall–Kier alpha value is -1.06. The summed E-state index contributed by atoms with van der Waals surface area (Å²) in [5.74, 6) is 0.224. The van der Waals surface area contributed by atoms with E-state index >= 15 is 0 Å². The van der Waals surface area contributed by atoms with E-state index in [2.05, 4.69) is 0 Å². The molecule has 0 aliphatic carbocycles. The first kappa shape index (κ1) is 13.0. The molecule has 1 amide bonds. The van der Waals surface area contributed by atoms with Crippen LogP contribution < -0.4 is 5.73 Å². The maximum atomic E-state index is 12.0. The molecule has 0 fully saturated rings. The van der Waals surface area contributed by atoms with Gasteiger partial charge in [0.15, 0.2) is 0 Å². The normalized spacial score (nSPS) is 12.2. The van der Waals surface area contributed by atoms with Gasteiger partial charge in [-0.3, -0.25) is 4.79 Å². The van der Waals surface area contributed by atoms with E-state index in [1.54, 1.807) is 30.1 Å². The number of hydrogen-bond donors (Lipinski definition) is 1. The van der Waals surface area contributed by atoms with Crippen LogP contribution in [0, 0.1) is 5.92 Å². The number of halogens is 1. The van der Waals surface area contributed by atoms with Crippen molar-refractivity contribution in [3.8, 4) is 0 Å². The second-order valence-corrected chi connectivity index (χ2v) is 4.41. The summed E-state index contributed by atoms with van der Waals surface area (Å²) in [7, 11) is 1.76. The average Bonchev–Trinajstić information content (AvgIpc) is 2.28. The summed E-state index contributed by atoms with van der Waals surface area (Å²) in [6.45, 7) is 3.22. The monoisotopic (exact) mass is 240 g/mol. The standard InChI is InChI=1S/C12H17ClN2O/c1-9(7-14)8-15(2)12(16)10-5-3-4-6-11(10)13/h3-6,9H,7-8,14H2,1-2H3. The number of nitrogens with two attached hydrogens (primary N) is 1. The molecule has 1 rings (SSSR count). The van der Waals surface area contributed by atoms with Crippen LogP contribution in [0.2, 0.25) is 5.02 Å². The number of carbonyl (C=O) groups is 1. The summed E-state index contributed by atoms with van der Waals surface area (Å²) >= 11 is 5.96. The molecule has 0 saturated carbocycles. The zero-order valence-electron chi connectivity index (χ0n) is 9.61. The van der Waals surface area contributed by atoms with Gasteiger partial charge in [-0.25, -0.2) is 0 Å². The van der Waals surface area contributed by atoms with Crippen LogP contribution in [0.4, 0.5) is 0 Å². The largest absolute Gasteiger partial charge is 0.341 e. The summed E-state index contributed by atoms with van der Waals surface area (Å²) in [5, 5.41) is 0.486. The van der Waals surface area contributed by atoms with E-state index in [1.165, 1.54) is 0 Å².